The standard InChI is InChI=1S/C16H20N2S2.C16H19NS2.C15H17NOS2/c1-17-7-9-18(10-8-17)13-6-11-19-16-15(13)12-4-2-3-5-14(12)20-16;1-4-9-17(10-5-1)13-8-11-18-16-15(13)12-6-2-3-7-14(12)19-16;1-2-4-13-11(3-1)14-12(5-10-18-15(14)19-13)16-6-8-17-9-7-16/h2-5,13H,6-11H2,1H3;2-3,6-7,13H,1,4-5,8-11H2;1-4,12H,5-10H2. The summed E-state index contributed by atoms with van der Waals surface area (Å²) in [6.07, 6.45) is 8.12. The van der Waals surface area contributed by atoms with E-state index < -0.39 is 0 Å². The Balaban J connectivity index is 0.000000106. The molecule has 0 aliphatic carbocycles. The first-order chi connectivity index (χ1) is 28.7. The Morgan fingerprint density at radius 2 is 0.828 bits per heavy atom. The monoisotopic (exact) mass is 884 g/mol. The van der Waals surface area contributed by atoms with Crippen LogP contribution in [0, 0.1) is 0 Å². The normalized spacial score (nSPS) is 24.7. The van der Waals surface area contributed by atoms with Gasteiger partial charge in [0.05, 0.1) is 25.8 Å². The van der Waals surface area contributed by atoms with Gasteiger partial charge in [-0.1, -0.05) is 61.0 Å². The second-order valence-corrected chi connectivity index (χ2v) is 23.7. The first-order valence-corrected chi connectivity index (χ1v) is 27.0. The first kappa shape index (κ1) is 40.5. The lowest BCUT2D eigenvalue weighted by Gasteiger charge is -2.39. The number of hydrogen-bond acceptors (Lipinski definition) is 11. The minimum absolute atomic E-state index is 0.608. The van der Waals surface area contributed by atoms with E-state index >= 15 is 0 Å². The van der Waals surface area contributed by atoms with Crippen LogP contribution in [0.25, 0.3) is 30.3 Å². The van der Waals surface area contributed by atoms with Gasteiger partial charge in [-0.25, -0.2) is 0 Å². The van der Waals surface area contributed by atoms with E-state index in [9.17, 15) is 0 Å². The molecule has 6 aliphatic heterocycles. The molecule has 0 saturated carbocycles. The number of thiophene rings is 3. The van der Waals surface area contributed by atoms with E-state index in [1.807, 2.05) is 45.8 Å². The van der Waals surface area contributed by atoms with Gasteiger partial charge in [0.2, 0.25) is 0 Å². The molecule has 5 nitrogen and oxygen atoms in total. The predicted octanol–water partition coefficient (Wildman–Crippen LogP) is 12.4. The summed E-state index contributed by atoms with van der Waals surface area (Å²) in [5, 5.41) is 4.50. The highest BCUT2D eigenvalue weighted by Crippen LogP contribution is 2.51. The molecule has 0 radical (unpaired) electrons. The lowest BCUT2D eigenvalue weighted by atomic mass is 9.98. The van der Waals surface area contributed by atoms with Gasteiger partial charge in [0, 0.05) is 105 Å². The van der Waals surface area contributed by atoms with E-state index in [1.165, 1.54) is 125 Å². The second kappa shape index (κ2) is 18.8. The van der Waals surface area contributed by atoms with E-state index in [1.54, 1.807) is 29.3 Å². The van der Waals surface area contributed by atoms with E-state index in [4.69, 9.17) is 4.74 Å². The third-order valence-corrected chi connectivity index (χ3v) is 20.5. The molecule has 0 spiro atoms. The zero-order valence-electron chi connectivity index (χ0n) is 33.7. The molecule has 0 bridgehead atoms. The van der Waals surface area contributed by atoms with Crippen LogP contribution in [0.15, 0.2) is 85.4 Å². The van der Waals surface area contributed by atoms with Crippen molar-refractivity contribution in [1.82, 2.24) is 19.6 Å². The zero-order chi connectivity index (χ0) is 38.8. The van der Waals surface area contributed by atoms with Gasteiger partial charge in [-0.15, -0.1) is 69.3 Å². The zero-order valence-corrected chi connectivity index (χ0v) is 38.6. The van der Waals surface area contributed by atoms with Crippen molar-refractivity contribution in [2.75, 3.05) is 89.9 Å². The highest BCUT2D eigenvalue weighted by molar-refractivity contribution is 8.01. The first-order valence-electron chi connectivity index (χ1n) is 21.6. The summed E-state index contributed by atoms with van der Waals surface area (Å²) in [5.74, 6) is 3.82. The van der Waals surface area contributed by atoms with Crippen LogP contribution in [0.1, 0.15) is 73.3 Å². The van der Waals surface area contributed by atoms with E-state index in [0.29, 0.717) is 18.1 Å². The third-order valence-electron chi connectivity index (χ3n) is 13.0. The summed E-state index contributed by atoms with van der Waals surface area (Å²) in [4.78, 5) is 10.5. The molecule has 9 heterocycles. The van der Waals surface area contributed by atoms with Gasteiger partial charge >= 0.3 is 0 Å². The van der Waals surface area contributed by atoms with Crippen LogP contribution in [0.5, 0.6) is 0 Å². The average molecular weight is 885 g/mol. The number of fused-ring (bicyclic) bond motifs is 9. The van der Waals surface area contributed by atoms with Crippen LogP contribution in [-0.2, 0) is 4.74 Å². The number of benzene rings is 3. The van der Waals surface area contributed by atoms with Gasteiger partial charge in [-0.05, 0) is 86.6 Å². The number of likely N-dealkylation sites (N-methyl/N-ethyl adjacent to an activating group) is 1. The maximum atomic E-state index is 5.50. The Kier molecular flexibility index (Phi) is 13.1. The molecule has 3 unspecified atom stereocenters. The van der Waals surface area contributed by atoms with Crippen molar-refractivity contribution in [2.45, 2.75) is 69.3 Å². The maximum Gasteiger partial charge on any atom is 0.0659 e. The summed E-state index contributed by atoms with van der Waals surface area (Å²) in [7, 11) is 2.24. The average Bonchev–Trinajstić information content (AvgIpc) is 3.99. The van der Waals surface area contributed by atoms with Gasteiger partial charge < -0.3 is 9.64 Å². The maximum absolute atomic E-state index is 5.50. The number of morpholine rings is 1. The Morgan fingerprint density at radius 1 is 0.448 bits per heavy atom. The molecule has 0 N–H and O–H groups in total. The molecule has 11 heteroatoms. The van der Waals surface area contributed by atoms with Gasteiger partial charge in [0.15, 0.2) is 0 Å². The Hall–Kier alpha value is -1.61. The van der Waals surface area contributed by atoms with Crippen molar-refractivity contribution in [3.05, 3.63) is 89.5 Å². The Bertz CT molecular complexity index is 2190. The van der Waals surface area contributed by atoms with Crippen LogP contribution in [0.3, 0.4) is 0 Å². The van der Waals surface area contributed by atoms with Crippen LogP contribution < -0.4 is 0 Å². The van der Waals surface area contributed by atoms with E-state index in [0.717, 1.165) is 26.3 Å². The molecular formula is C47H56N4OS6. The lowest BCUT2D eigenvalue weighted by molar-refractivity contribution is 0.0150. The molecule has 12 rings (SSSR count). The fraction of sp³-hybridized carbons (Fsp3) is 0.489. The van der Waals surface area contributed by atoms with Crippen molar-refractivity contribution in [3.8, 4) is 0 Å². The third kappa shape index (κ3) is 8.46. The van der Waals surface area contributed by atoms with Crippen molar-refractivity contribution >= 4 is 99.6 Å². The van der Waals surface area contributed by atoms with Crippen molar-refractivity contribution in [3.63, 3.8) is 0 Å². The topological polar surface area (TPSA) is 22.2 Å². The Morgan fingerprint density at radius 3 is 1.26 bits per heavy atom. The summed E-state index contributed by atoms with van der Waals surface area (Å²) in [6.45, 7) is 11.4. The minimum atomic E-state index is 0.608. The van der Waals surface area contributed by atoms with Crippen molar-refractivity contribution in [1.29, 1.82) is 0 Å². The largest absolute Gasteiger partial charge is 0.379 e. The van der Waals surface area contributed by atoms with Gasteiger partial charge in [0.1, 0.15) is 0 Å². The highest BCUT2D eigenvalue weighted by atomic mass is 32.2. The van der Waals surface area contributed by atoms with Gasteiger partial charge in [0.25, 0.3) is 0 Å². The summed E-state index contributed by atoms with van der Waals surface area (Å²) < 4.78 is 14.6. The molecular weight excluding hydrogens is 829 g/mol. The van der Waals surface area contributed by atoms with Crippen LogP contribution >= 0.6 is 69.3 Å². The van der Waals surface area contributed by atoms with E-state index in [2.05, 4.69) is 123 Å². The number of thioether (sulfide) groups is 3. The molecule has 3 saturated heterocycles. The van der Waals surface area contributed by atoms with Crippen LogP contribution in [-0.4, -0.2) is 109 Å². The molecule has 3 aromatic carbocycles. The quantitative estimate of drug-likeness (QED) is 0.173. The minimum Gasteiger partial charge on any atom is -0.379 e. The molecule has 6 aromatic rings. The smallest absolute Gasteiger partial charge is 0.0659 e. The molecule has 306 valence electrons. The van der Waals surface area contributed by atoms with Gasteiger partial charge in [-0.2, -0.15) is 0 Å². The van der Waals surface area contributed by atoms with E-state index in [-0.39, 0.29) is 0 Å². The lowest BCUT2D eigenvalue weighted by Crippen LogP contribution is -2.46. The summed E-state index contributed by atoms with van der Waals surface area (Å²) in [6, 6.07) is 28.8. The molecule has 3 aromatic heterocycles. The molecule has 6 aliphatic rings. The van der Waals surface area contributed by atoms with Crippen LogP contribution in [0.4, 0.5) is 0 Å². The number of ether oxygens (including phenoxy) is 1. The molecule has 3 atom stereocenters. The number of hydrogen-bond donors (Lipinski definition) is 0. The number of rotatable bonds is 3. The Labute approximate surface area is 369 Å². The SMILES string of the molecule is CN1CCN(C2CCSc3sc4ccccc4c32)CC1.c1ccc2c3c(sc2c1)SCCC3N1CCCCC1.c1ccc2c3c(sc2c1)SCCC3N1CCOCC1. The number of piperidine rings is 1. The molecule has 0 amide bonds. The van der Waals surface area contributed by atoms with Crippen molar-refractivity contribution in [2.24, 2.45) is 0 Å². The molecule has 3 fully saturated rings. The highest BCUT2D eigenvalue weighted by Gasteiger charge is 2.33. The number of piperazine rings is 1. The van der Waals surface area contributed by atoms with Crippen LogP contribution in [0.2, 0.25) is 0 Å². The van der Waals surface area contributed by atoms with Crippen molar-refractivity contribution < 1.29 is 4.74 Å². The summed E-state index contributed by atoms with van der Waals surface area (Å²) in [5.41, 5.74) is 4.88. The number of nitrogens with zero attached hydrogens (tertiary/aromatic N) is 4. The van der Waals surface area contributed by atoms with Gasteiger partial charge in [-0.3, -0.25) is 14.7 Å². The number of likely N-dealkylation sites (tertiary alicyclic amines) is 1. The second-order valence-electron chi connectivity index (χ2n) is 16.4. The fourth-order valence-corrected chi connectivity index (χ4v) is 18.0. The fourth-order valence-electron chi connectivity index (χ4n) is 9.97. The predicted molar refractivity (Wildman–Crippen MR) is 257 cm³/mol. The summed E-state index contributed by atoms with van der Waals surface area (Å²) >= 11 is 12.2. The molecule has 58 heavy (non-hydrogen) atoms.